The molecule has 1 aromatic rings. The number of nitrogens with zero attached hydrogens (tertiary/aromatic N) is 1. The number of nitrogen functional groups attached to an aromatic ring is 1. The summed E-state index contributed by atoms with van der Waals surface area (Å²) in [5.41, 5.74) is 9.01. The Bertz CT molecular complexity index is 347. The van der Waals surface area contributed by atoms with E-state index in [1.807, 2.05) is 19.1 Å². The second-order valence-corrected chi connectivity index (χ2v) is 4.14. The van der Waals surface area contributed by atoms with Crippen molar-refractivity contribution in [3.63, 3.8) is 0 Å². The first-order chi connectivity index (χ1) is 7.24. The Balaban J connectivity index is 2.28. The molecule has 1 aliphatic rings. The van der Waals surface area contributed by atoms with Crippen LogP contribution in [0.5, 0.6) is 0 Å². The highest BCUT2D eigenvalue weighted by Gasteiger charge is 2.29. The van der Waals surface area contributed by atoms with Crippen molar-refractivity contribution in [3.8, 4) is 0 Å². The third kappa shape index (κ3) is 2.07. The Morgan fingerprint density at radius 2 is 2.20 bits per heavy atom. The molecule has 82 valence electrons. The molecule has 0 amide bonds. The highest BCUT2D eigenvalue weighted by atomic mass is 16.3. The van der Waals surface area contributed by atoms with E-state index in [9.17, 15) is 0 Å². The Labute approximate surface area is 90.5 Å². The number of rotatable bonds is 4. The Kier molecular flexibility index (Phi) is 2.82. The van der Waals surface area contributed by atoms with E-state index < -0.39 is 0 Å². The summed E-state index contributed by atoms with van der Waals surface area (Å²) in [5.74, 6) is 0. The normalized spacial score (nSPS) is 15.3. The van der Waals surface area contributed by atoms with Crippen molar-refractivity contribution >= 4 is 11.4 Å². The first-order valence-electron chi connectivity index (χ1n) is 5.46. The number of hydrogen-bond donors (Lipinski definition) is 2. The number of nitrogens with two attached hydrogens (primary N) is 1. The molecule has 1 fully saturated rings. The summed E-state index contributed by atoms with van der Waals surface area (Å²) in [5, 5.41) is 9.06. The molecule has 1 aliphatic carbocycles. The largest absolute Gasteiger partial charge is 0.398 e. The lowest BCUT2D eigenvalue weighted by Crippen LogP contribution is -2.29. The molecule has 0 unspecified atom stereocenters. The van der Waals surface area contributed by atoms with E-state index in [0.717, 1.165) is 11.3 Å². The molecule has 0 heterocycles. The van der Waals surface area contributed by atoms with E-state index in [2.05, 4.69) is 11.0 Å². The summed E-state index contributed by atoms with van der Waals surface area (Å²) in [6.45, 7) is 2.94. The van der Waals surface area contributed by atoms with Crippen LogP contribution in [0, 0.1) is 6.92 Å². The second kappa shape index (κ2) is 4.11. The molecular formula is C12H18N2O. The van der Waals surface area contributed by atoms with Gasteiger partial charge in [0.05, 0.1) is 6.61 Å². The monoisotopic (exact) mass is 206 g/mol. The highest BCUT2D eigenvalue weighted by Crippen LogP contribution is 2.34. The van der Waals surface area contributed by atoms with Gasteiger partial charge in [-0.3, -0.25) is 0 Å². The topological polar surface area (TPSA) is 49.5 Å². The first-order valence-corrected chi connectivity index (χ1v) is 5.46. The van der Waals surface area contributed by atoms with Gasteiger partial charge in [0.1, 0.15) is 0 Å². The van der Waals surface area contributed by atoms with Crippen molar-refractivity contribution in [2.24, 2.45) is 0 Å². The molecule has 0 bridgehead atoms. The minimum atomic E-state index is 0.199. The number of hydrogen-bond acceptors (Lipinski definition) is 3. The summed E-state index contributed by atoms with van der Waals surface area (Å²) in [7, 11) is 0. The van der Waals surface area contributed by atoms with E-state index >= 15 is 0 Å². The fraction of sp³-hybridized carbons (Fsp3) is 0.500. The Morgan fingerprint density at radius 3 is 2.80 bits per heavy atom. The minimum Gasteiger partial charge on any atom is -0.398 e. The quantitative estimate of drug-likeness (QED) is 0.735. The third-order valence-corrected chi connectivity index (χ3v) is 2.99. The van der Waals surface area contributed by atoms with Crippen LogP contribution in [0.1, 0.15) is 18.4 Å². The van der Waals surface area contributed by atoms with Gasteiger partial charge < -0.3 is 15.7 Å². The Hall–Kier alpha value is -1.22. The van der Waals surface area contributed by atoms with Crippen molar-refractivity contribution in [2.75, 3.05) is 23.8 Å². The average molecular weight is 206 g/mol. The predicted molar refractivity (Wildman–Crippen MR) is 63.0 cm³/mol. The number of anilines is 2. The van der Waals surface area contributed by atoms with Crippen LogP contribution in [-0.2, 0) is 0 Å². The zero-order valence-corrected chi connectivity index (χ0v) is 9.11. The van der Waals surface area contributed by atoms with E-state index in [0.29, 0.717) is 12.6 Å². The van der Waals surface area contributed by atoms with Gasteiger partial charge in [0.15, 0.2) is 0 Å². The number of benzene rings is 1. The molecular weight excluding hydrogens is 188 g/mol. The highest BCUT2D eigenvalue weighted by molar-refractivity contribution is 5.65. The lowest BCUT2D eigenvalue weighted by Gasteiger charge is -2.26. The van der Waals surface area contributed by atoms with Crippen molar-refractivity contribution < 1.29 is 5.11 Å². The lowest BCUT2D eigenvalue weighted by atomic mass is 10.1. The van der Waals surface area contributed by atoms with Crippen LogP contribution in [0.4, 0.5) is 11.4 Å². The van der Waals surface area contributed by atoms with Crippen LogP contribution >= 0.6 is 0 Å². The van der Waals surface area contributed by atoms with Crippen LogP contribution in [0.25, 0.3) is 0 Å². The molecule has 1 saturated carbocycles. The van der Waals surface area contributed by atoms with Crippen molar-refractivity contribution in [3.05, 3.63) is 23.8 Å². The van der Waals surface area contributed by atoms with Crippen molar-refractivity contribution in [1.82, 2.24) is 0 Å². The molecule has 3 heteroatoms. The Morgan fingerprint density at radius 1 is 1.47 bits per heavy atom. The molecule has 0 aliphatic heterocycles. The van der Waals surface area contributed by atoms with E-state index in [1.165, 1.54) is 18.5 Å². The SMILES string of the molecule is Cc1c(N)cccc1N(CCO)C1CC1. The molecule has 0 radical (unpaired) electrons. The molecule has 0 saturated heterocycles. The third-order valence-electron chi connectivity index (χ3n) is 2.99. The second-order valence-electron chi connectivity index (χ2n) is 4.14. The van der Waals surface area contributed by atoms with Crippen LogP contribution in [0.2, 0.25) is 0 Å². The smallest absolute Gasteiger partial charge is 0.0606 e. The molecule has 0 atom stereocenters. The fourth-order valence-corrected chi connectivity index (χ4v) is 1.95. The van der Waals surface area contributed by atoms with Crippen LogP contribution < -0.4 is 10.6 Å². The number of aliphatic hydroxyl groups excluding tert-OH is 1. The van der Waals surface area contributed by atoms with E-state index in [4.69, 9.17) is 10.8 Å². The zero-order chi connectivity index (χ0) is 10.8. The average Bonchev–Trinajstić information content (AvgIpc) is 3.03. The predicted octanol–water partition coefficient (Wildman–Crippen LogP) is 1.54. The number of aliphatic hydroxyl groups is 1. The maximum Gasteiger partial charge on any atom is 0.0606 e. The van der Waals surface area contributed by atoms with Gasteiger partial charge in [0, 0.05) is 24.0 Å². The standard InChI is InChI=1S/C12H18N2O/c1-9-11(13)3-2-4-12(9)14(7-8-15)10-5-6-10/h2-4,10,15H,5-8,13H2,1H3. The molecule has 3 nitrogen and oxygen atoms in total. The molecule has 0 spiro atoms. The van der Waals surface area contributed by atoms with Gasteiger partial charge in [0.2, 0.25) is 0 Å². The first kappa shape index (κ1) is 10.3. The van der Waals surface area contributed by atoms with Gasteiger partial charge in [-0.25, -0.2) is 0 Å². The summed E-state index contributed by atoms with van der Waals surface area (Å²) in [6, 6.07) is 6.59. The summed E-state index contributed by atoms with van der Waals surface area (Å²) < 4.78 is 0. The summed E-state index contributed by atoms with van der Waals surface area (Å²) >= 11 is 0. The van der Waals surface area contributed by atoms with Gasteiger partial charge in [0.25, 0.3) is 0 Å². The lowest BCUT2D eigenvalue weighted by molar-refractivity contribution is 0.301. The molecule has 15 heavy (non-hydrogen) atoms. The molecule has 2 rings (SSSR count). The van der Waals surface area contributed by atoms with Gasteiger partial charge in [-0.2, -0.15) is 0 Å². The van der Waals surface area contributed by atoms with Crippen LogP contribution in [0.3, 0.4) is 0 Å². The maximum atomic E-state index is 9.06. The van der Waals surface area contributed by atoms with Gasteiger partial charge in [-0.1, -0.05) is 6.07 Å². The summed E-state index contributed by atoms with van der Waals surface area (Å²) in [4.78, 5) is 2.27. The zero-order valence-electron chi connectivity index (χ0n) is 9.11. The molecule has 3 N–H and O–H groups in total. The minimum absolute atomic E-state index is 0.199. The van der Waals surface area contributed by atoms with Crippen LogP contribution in [-0.4, -0.2) is 24.3 Å². The summed E-state index contributed by atoms with van der Waals surface area (Å²) in [6.07, 6.45) is 2.46. The van der Waals surface area contributed by atoms with Crippen molar-refractivity contribution in [2.45, 2.75) is 25.8 Å². The molecule has 1 aromatic carbocycles. The van der Waals surface area contributed by atoms with Crippen molar-refractivity contribution in [1.29, 1.82) is 0 Å². The van der Waals surface area contributed by atoms with Gasteiger partial charge >= 0.3 is 0 Å². The maximum absolute atomic E-state index is 9.06. The van der Waals surface area contributed by atoms with E-state index in [1.54, 1.807) is 0 Å². The fourth-order valence-electron chi connectivity index (χ4n) is 1.95. The van der Waals surface area contributed by atoms with E-state index in [-0.39, 0.29) is 6.61 Å². The molecule has 0 aromatic heterocycles. The van der Waals surface area contributed by atoms with Gasteiger partial charge in [-0.15, -0.1) is 0 Å². The van der Waals surface area contributed by atoms with Gasteiger partial charge in [-0.05, 0) is 37.5 Å². The van der Waals surface area contributed by atoms with Crippen LogP contribution in [0.15, 0.2) is 18.2 Å².